The SMILES string of the molecule is Cc1ccc(S(=O)(=O)N2CCOCC2)cc1C(=O)NCc1cccc(NC(=O)N2CCCC2)c1. The maximum Gasteiger partial charge on any atom is 0.321 e. The summed E-state index contributed by atoms with van der Waals surface area (Å²) >= 11 is 0. The van der Waals surface area contributed by atoms with E-state index in [1.807, 2.05) is 24.3 Å². The van der Waals surface area contributed by atoms with Gasteiger partial charge in [0.15, 0.2) is 0 Å². The minimum atomic E-state index is -3.70. The Bertz CT molecular complexity index is 1160. The molecule has 0 bridgehead atoms. The van der Waals surface area contributed by atoms with Crippen LogP contribution in [-0.4, -0.2) is 69.0 Å². The lowest BCUT2D eigenvalue weighted by Crippen LogP contribution is -2.40. The van der Waals surface area contributed by atoms with Crippen LogP contribution in [0, 0.1) is 6.92 Å². The van der Waals surface area contributed by atoms with Gasteiger partial charge in [0.1, 0.15) is 0 Å². The number of sulfonamides is 1. The van der Waals surface area contributed by atoms with Crippen molar-refractivity contribution in [2.75, 3.05) is 44.7 Å². The standard InChI is InChI=1S/C24H30N4O5S/c1-18-7-8-21(34(31,32)28-11-13-33-14-12-28)16-22(18)23(29)25-17-19-5-4-6-20(15-19)26-24(30)27-9-2-3-10-27/h4-8,15-16H,2-3,9-14,17H2,1H3,(H,25,29)(H,26,30). The molecule has 9 nitrogen and oxygen atoms in total. The van der Waals surface area contributed by atoms with E-state index in [9.17, 15) is 18.0 Å². The van der Waals surface area contributed by atoms with E-state index in [0.717, 1.165) is 31.5 Å². The highest BCUT2D eigenvalue weighted by atomic mass is 32.2. The van der Waals surface area contributed by atoms with Crippen molar-refractivity contribution in [2.45, 2.75) is 31.2 Å². The maximum absolute atomic E-state index is 13.0. The predicted molar refractivity (Wildman–Crippen MR) is 128 cm³/mol. The van der Waals surface area contributed by atoms with Crippen LogP contribution in [-0.2, 0) is 21.3 Å². The molecule has 0 aromatic heterocycles. The molecule has 2 fully saturated rings. The third-order valence-corrected chi connectivity index (χ3v) is 7.98. The van der Waals surface area contributed by atoms with Crippen LogP contribution in [0.3, 0.4) is 0 Å². The van der Waals surface area contributed by atoms with Gasteiger partial charge in [-0.05, 0) is 55.2 Å². The fourth-order valence-corrected chi connectivity index (χ4v) is 5.54. The van der Waals surface area contributed by atoms with Crippen LogP contribution in [0.2, 0.25) is 0 Å². The summed E-state index contributed by atoms with van der Waals surface area (Å²) in [5.41, 5.74) is 2.48. The normalized spacial score (nSPS) is 16.9. The number of morpholine rings is 1. The molecule has 4 rings (SSSR count). The molecular formula is C24H30N4O5S. The molecule has 182 valence electrons. The maximum atomic E-state index is 13.0. The Morgan fingerprint density at radius 1 is 1.00 bits per heavy atom. The number of hydrogen-bond donors (Lipinski definition) is 2. The second-order valence-corrected chi connectivity index (χ2v) is 10.4. The van der Waals surface area contributed by atoms with Crippen molar-refractivity contribution < 1.29 is 22.7 Å². The highest BCUT2D eigenvalue weighted by molar-refractivity contribution is 7.89. The minimum absolute atomic E-state index is 0.0942. The zero-order valence-corrected chi connectivity index (χ0v) is 20.1. The van der Waals surface area contributed by atoms with Crippen LogP contribution in [0.4, 0.5) is 10.5 Å². The Hall–Kier alpha value is -2.95. The Balaban J connectivity index is 1.42. The summed E-state index contributed by atoms with van der Waals surface area (Å²) < 4.78 is 32.6. The predicted octanol–water partition coefficient (Wildman–Crippen LogP) is 2.57. The largest absolute Gasteiger partial charge is 0.379 e. The van der Waals surface area contributed by atoms with Gasteiger partial charge < -0.3 is 20.3 Å². The summed E-state index contributed by atoms with van der Waals surface area (Å²) in [6, 6.07) is 11.8. The van der Waals surface area contributed by atoms with E-state index in [1.54, 1.807) is 17.9 Å². The highest BCUT2D eigenvalue weighted by Gasteiger charge is 2.27. The van der Waals surface area contributed by atoms with Crippen LogP contribution >= 0.6 is 0 Å². The van der Waals surface area contributed by atoms with E-state index in [2.05, 4.69) is 10.6 Å². The van der Waals surface area contributed by atoms with Gasteiger partial charge >= 0.3 is 6.03 Å². The molecule has 0 spiro atoms. The molecule has 3 amide bonds. The van der Waals surface area contributed by atoms with Gasteiger partial charge in [0.2, 0.25) is 10.0 Å². The van der Waals surface area contributed by atoms with Crippen molar-refractivity contribution in [3.8, 4) is 0 Å². The number of carbonyl (C=O) groups is 2. The number of carbonyl (C=O) groups excluding carboxylic acids is 2. The lowest BCUT2D eigenvalue weighted by Gasteiger charge is -2.26. The van der Waals surface area contributed by atoms with E-state index >= 15 is 0 Å². The molecular weight excluding hydrogens is 456 g/mol. The molecule has 0 saturated carbocycles. The molecule has 2 aromatic rings. The molecule has 2 heterocycles. The number of anilines is 1. The zero-order valence-electron chi connectivity index (χ0n) is 19.2. The zero-order chi connectivity index (χ0) is 24.1. The van der Waals surface area contributed by atoms with Gasteiger partial charge in [-0.1, -0.05) is 18.2 Å². The van der Waals surface area contributed by atoms with Crippen molar-refractivity contribution >= 4 is 27.6 Å². The Morgan fingerprint density at radius 3 is 2.47 bits per heavy atom. The molecule has 0 radical (unpaired) electrons. The second-order valence-electron chi connectivity index (χ2n) is 8.50. The van der Waals surface area contributed by atoms with Gasteiger partial charge in [0, 0.05) is 44.0 Å². The number of rotatable bonds is 6. The molecule has 2 N–H and O–H groups in total. The van der Waals surface area contributed by atoms with Gasteiger partial charge in [0.25, 0.3) is 5.91 Å². The van der Waals surface area contributed by atoms with Gasteiger partial charge in [0.05, 0.1) is 18.1 Å². The van der Waals surface area contributed by atoms with Crippen LogP contribution < -0.4 is 10.6 Å². The molecule has 2 aromatic carbocycles. The number of likely N-dealkylation sites (tertiary alicyclic amines) is 1. The molecule has 2 saturated heterocycles. The average Bonchev–Trinajstić information content (AvgIpc) is 3.39. The van der Waals surface area contributed by atoms with E-state index in [1.165, 1.54) is 16.4 Å². The quantitative estimate of drug-likeness (QED) is 0.653. The smallest absolute Gasteiger partial charge is 0.321 e. The molecule has 2 aliphatic heterocycles. The third kappa shape index (κ3) is 5.57. The fraction of sp³-hybridized carbons (Fsp3) is 0.417. The van der Waals surface area contributed by atoms with Crippen molar-refractivity contribution in [3.05, 3.63) is 59.2 Å². The number of aryl methyl sites for hydroxylation is 1. The Labute approximate surface area is 200 Å². The van der Waals surface area contributed by atoms with Gasteiger partial charge in [-0.2, -0.15) is 4.31 Å². The van der Waals surface area contributed by atoms with Crippen molar-refractivity contribution in [1.82, 2.24) is 14.5 Å². The summed E-state index contributed by atoms with van der Waals surface area (Å²) in [5, 5.41) is 5.76. The summed E-state index contributed by atoms with van der Waals surface area (Å²) in [4.78, 5) is 27.1. The summed E-state index contributed by atoms with van der Waals surface area (Å²) in [5.74, 6) is -0.358. The van der Waals surface area contributed by atoms with Crippen LogP contribution in [0.1, 0.15) is 34.3 Å². The summed E-state index contributed by atoms with van der Waals surface area (Å²) in [7, 11) is -3.70. The third-order valence-electron chi connectivity index (χ3n) is 6.09. The van der Waals surface area contributed by atoms with Crippen LogP contribution in [0.5, 0.6) is 0 Å². The average molecular weight is 487 g/mol. The van der Waals surface area contributed by atoms with E-state index in [4.69, 9.17) is 4.74 Å². The van der Waals surface area contributed by atoms with Gasteiger partial charge in [-0.3, -0.25) is 4.79 Å². The molecule has 10 heteroatoms. The number of benzene rings is 2. The lowest BCUT2D eigenvalue weighted by molar-refractivity contribution is 0.0730. The first kappa shape index (κ1) is 24.2. The fourth-order valence-electron chi connectivity index (χ4n) is 4.10. The Kier molecular flexibility index (Phi) is 7.50. The first-order valence-corrected chi connectivity index (χ1v) is 12.9. The molecule has 0 aliphatic carbocycles. The topological polar surface area (TPSA) is 108 Å². The van der Waals surface area contributed by atoms with Crippen LogP contribution in [0.15, 0.2) is 47.4 Å². The van der Waals surface area contributed by atoms with E-state index < -0.39 is 10.0 Å². The number of hydrogen-bond acceptors (Lipinski definition) is 5. The van der Waals surface area contributed by atoms with Gasteiger partial charge in [-0.15, -0.1) is 0 Å². The van der Waals surface area contributed by atoms with Crippen molar-refractivity contribution in [2.24, 2.45) is 0 Å². The molecule has 0 unspecified atom stereocenters. The first-order valence-electron chi connectivity index (χ1n) is 11.5. The lowest BCUT2D eigenvalue weighted by atomic mass is 10.1. The summed E-state index contributed by atoms with van der Waals surface area (Å²) in [6.45, 7) is 4.85. The van der Waals surface area contributed by atoms with E-state index in [0.29, 0.717) is 43.1 Å². The molecule has 0 atom stereocenters. The van der Waals surface area contributed by atoms with Gasteiger partial charge in [-0.25, -0.2) is 13.2 Å². The van der Waals surface area contributed by atoms with Crippen LogP contribution in [0.25, 0.3) is 0 Å². The monoisotopic (exact) mass is 486 g/mol. The van der Waals surface area contributed by atoms with Crippen molar-refractivity contribution in [3.63, 3.8) is 0 Å². The van der Waals surface area contributed by atoms with E-state index in [-0.39, 0.29) is 23.4 Å². The first-order chi connectivity index (χ1) is 16.3. The molecule has 34 heavy (non-hydrogen) atoms. The second kappa shape index (κ2) is 10.5. The number of amides is 3. The van der Waals surface area contributed by atoms with Crippen molar-refractivity contribution in [1.29, 1.82) is 0 Å². The number of urea groups is 1. The number of nitrogens with zero attached hydrogens (tertiary/aromatic N) is 2. The highest BCUT2D eigenvalue weighted by Crippen LogP contribution is 2.21. The molecule has 2 aliphatic rings. The minimum Gasteiger partial charge on any atom is -0.379 e. The summed E-state index contributed by atoms with van der Waals surface area (Å²) in [6.07, 6.45) is 2.04. The number of nitrogens with one attached hydrogen (secondary N) is 2. The Morgan fingerprint density at radius 2 is 1.74 bits per heavy atom. The number of ether oxygens (including phenoxy) is 1.